The summed E-state index contributed by atoms with van der Waals surface area (Å²) in [6, 6.07) is 14.7. The third-order valence-electron chi connectivity index (χ3n) is 4.34. The lowest BCUT2D eigenvalue weighted by Crippen LogP contribution is -2.06. The van der Waals surface area contributed by atoms with Crippen LogP contribution in [0.15, 0.2) is 76.7 Å². The molecule has 8 heteroatoms. The highest BCUT2D eigenvalue weighted by Crippen LogP contribution is 2.38. The second kappa shape index (κ2) is 7.58. The van der Waals surface area contributed by atoms with Crippen molar-refractivity contribution in [2.24, 2.45) is 0 Å². The van der Waals surface area contributed by atoms with Crippen LogP contribution in [0.1, 0.15) is 0 Å². The zero-order valence-corrected chi connectivity index (χ0v) is 17.6. The molecule has 0 fully saturated rings. The molecule has 1 aromatic heterocycles. The minimum absolute atomic E-state index is 0.0872. The molecule has 0 aliphatic rings. The number of nitrogens with zero attached hydrogens (tertiary/aromatic N) is 1. The van der Waals surface area contributed by atoms with Gasteiger partial charge in [0, 0.05) is 32.2 Å². The molecular weight excluding hydrogens is 456 g/mol. The van der Waals surface area contributed by atoms with E-state index in [0.29, 0.717) is 27.1 Å². The summed E-state index contributed by atoms with van der Waals surface area (Å²) in [5.41, 5.74) is 1.26. The maximum Gasteiger partial charge on any atom is 0.208 e. The second-order valence-electron chi connectivity index (χ2n) is 6.28. The molecule has 0 saturated carbocycles. The number of rotatable bonds is 3. The Morgan fingerprint density at radius 3 is 2.24 bits per heavy atom. The Kier molecular flexibility index (Phi) is 5.25. The van der Waals surface area contributed by atoms with E-state index >= 15 is 0 Å². The van der Waals surface area contributed by atoms with Gasteiger partial charge in [0.15, 0.2) is 0 Å². The number of hydrogen-bond acceptors (Lipinski definition) is 3. The molecule has 0 aliphatic carbocycles. The van der Waals surface area contributed by atoms with Gasteiger partial charge in [0.1, 0.15) is 5.82 Å². The molecule has 0 spiro atoms. The first-order valence-electron chi connectivity index (χ1n) is 8.31. The number of hydrogen-bond donors (Lipinski definition) is 0. The van der Waals surface area contributed by atoms with Crippen molar-refractivity contribution in [2.45, 2.75) is 9.79 Å². The molecule has 0 saturated heterocycles. The van der Waals surface area contributed by atoms with Crippen LogP contribution >= 0.6 is 34.8 Å². The fourth-order valence-electron chi connectivity index (χ4n) is 3.10. The first kappa shape index (κ1) is 20.1. The van der Waals surface area contributed by atoms with E-state index in [1.54, 1.807) is 24.3 Å². The van der Waals surface area contributed by atoms with Gasteiger partial charge >= 0.3 is 0 Å². The summed E-state index contributed by atoms with van der Waals surface area (Å²) in [4.78, 5) is 4.03. The monoisotopic (exact) mass is 465 g/mol. The van der Waals surface area contributed by atoms with Crippen LogP contribution in [-0.4, -0.2) is 13.4 Å². The Morgan fingerprint density at radius 1 is 0.828 bits per heavy atom. The number of pyridine rings is 1. The van der Waals surface area contributed by atoms with E-state index < -0.39 is 15.7 Å². The average Bonchev–Trinajstić information content (AvgIpc) is 2.66. The zero-order chi connectivity index (χ0) is 20.8. The summed E-state index contributed by atoms with van der Waals surface area (Å²) in [5.74, 6) is -0.511. The summed E-state index contributed by atoms with van der Waals surface area (Å²) in [6.07, 6.45) is 1.25. The van der Waals surface area contributed by atoms with Gasteiger partial charge in [0.2, 0.25) is 9.84 Å². The first-order chi connectivity index (χ1) is 13.8. The standard InChI is InChI=1S/C21H11Cl3FNO2S/c22-13-3-1-2-12(6-13)21-18-10-16(25)4-5-19(18)26-11-20(21)29(27,28)17-8-14(23)7-15(24)9-17/h1-11H. The molecule has 0 atom stereocenters. The lowest BCUT2D eigenvalue weighted by molar-refractivity contribution is 0.596. The van der Waals surface area contributed by atoms with Crippen LogP contribution in [0, 0.1) is 5.82 Å². The van der Waals surface area contributed by atoms with Crippen LogP contribution in [0.25, 0.3) is 22.0 Å². The van der Waals surface area contributed by atoms with Crippen molar-refractivity contribution >= 4 is 55.5 Å². The molecule has 0 N–H and O–H groups in total. The van der Waals surface area contributed by atoms with Gasteiger partial charge in [-0.3, -0.25) is 4.98 Å². The normalized spacial score (nSPS) is 11.7. The smallest absolute Gasteiger partial charge is 0.208 e. The van der Waals surface area contributed by atoms with Gasteiger partial charge in [0.05, 0.1) is 15.3 Å². The van der Waals surface area contributed by atoms with Crippen LogP contribution in [0.3, 0.4) is 0 Å². The van der Waals surface area contributed by atoms with E-state index in [9.17, 15) is 12.8 Å². The Morgan fingerprint density at radius 2 is 1.55 bits per heavy atom. The molecule has 0 radical (unpaired) electrons. The molecular formula is C21H11Cl3FNO2S. The molecule has 146 valence electrons. The van der Waals surface area contributed by atoms with Gasteiger partial charge < -0.3 is 0 Å². The predicted molar refractivity (Wildman–Crippen MR) is 114 cm³/mol. The first-order valence-corrected chi connectivity index (χ1v) is 10.9. The molecule has 4 rings (SSSR count). The minimum Gasteiger partial charge on any atom is -0.255 e. The largest absolute Gasteiger partial charge is 0.255 e. The third-order valence-corrected chi connectivity index (χ3v) is 6.76. The Balaban J connectivity index is 2.11. The summed E-state index contributed by atoms with van der Waals surface area (Å²) >= 11 is 18.1. The van der Waals surface area contributed by atoms with E-state index in [1.165, 1.54) is 42.6 Å². The van der Waals surface area contributed by atoms with E-state index in [0.717, 1.165) is 0 Å². The highest BCUT2D eigenvalue weighted by molar-refractivity contribution is 7.91. The van der Waals surface area contributed by atoms with E-state index in [4.69, 9.17) is 34.8 Å². The fraction of sp³-hybridized carbons (Fsp3) is 0. The lowest BCUT2D eigenvalue weighted by Gasteiger charge is -2.14. The molecule has 0 aliphatic heterocycles. The number of sulfone groups is 1. The Hall–Kier alpha value is -2.18. The van der Waals surface area contributed by atoms with Gasteiger partial charge in [-0.05, 0) is 54.1 Å². The molecule has 29 heavy (non-hydrogen) atoms. The number of halogens is 4. The SMILES string of the molecule is O=S(=O)(c1cc(Cl)cc(Cl)c1)c1cnc2ccc(F)cc2c1-c1cccc(Cl)c1. The fourth-order valence-corrected chi connectivity index (χ4v) is 5.45. The zero-order valence-electron chi connectivity index (χ0n) is 14.5. The van der Waals surface area contributed by atoms with Crippen molar-refractivity contribution in [2.75, 3.05) is 0 Å². The van der Waals surface area contributed by atoms with Crippen molar-refractivity contribution in [3.05, 3.63) is 87.7 Å². The van der Waals surface area contributed by atoms with Gasteiger partial charge in [-0.15, -0.1) is 0 Å². The van der Waals surface area contributed by atoms with Crippen molar-refractivity contribution < 1.29 is 12.8 Å². The second-order valence-corrected chi connectivity index (χ2v) is 9.51. The van der Waals surface area contributed by atoms with Crippen LogP contribution < -0.4 is 0 Å². The van der Waals surface area contributed by atoms with Gasteiger partial charge in [-0.2, -0.15) is 0 Å². The maximum absolute atomic E-state index is 14.0. The highest BCUT2D eigenvalue weighted by Gasteiger charge is 2.25. The van der Waals surface area contributed by atoms with Crippen molar-refractivity contribution in [1.82, 2.24) is 4.98 Å². The topological polar surface area (TPSA) is 47.0 Å². The molecule has 3 nitrogen and oxygen atoms in total. The van der Waals surface area contributed by atoms with Crippen molar-refractivity contribution in [3.8, 4) is 11.1 Å². The molecule has 0 bridgehead atoms. The van der Waals surface area contributed by atoms with E-state index in [2.05, 4.69) is 4.98 Å². The minimum atomic E-state index is -4.08. The molecule has 3 aromatic carbocycles. The quantitative estimate of drug-likeness (QED) is 0.332. The van der Waals surface area contributed by atoms with Crippen LogP contribution in [-0.2, 0) is 9.84 Å². The van der Waals surface area contributed by atoms with E-state index in [1.807, 2.05) is 0 Å². The Bertz CT molecular complexity index is 1350. The third kappa shape index (κ3) is 3.83. The summed E-state index contributed by atoms with van der Waals surface area (Å²) in [6.45, 7) is 0. The highest BCUT2D eigenvalue weighted by atomic mass is 35.5. The van der Waals surface area contributed by atoms with Crippen LogP contribution in [0.2, 0.25) is 15.1 Å². The molecule has 0 amide bonds. The molecule has 1 heterocycles. The Labute approximate surface area is 181 Å². The summed E-state index contributed by atoms with van der Waals surface area (Å²) < 4.78 is 41.0. The number of benzene rings is 3. The lowest BCUT2D eigenvalue weighted by atomic mass is 10.0. The average molecular weight is 467 g/mol. The predicted octanol–water partition coefficient (Wildman–Crippen LogP) is 6.83. The van der Waals surface area contributed by atoms with Gasteiger partial charge in [-0.1, -0.05) is 46.9 Å². The van der Waals surface area contributed by atoms with Crippen molar-refractivity contribution in [1.29, 1.82) is 0 Å². The van der Waals surface area contributed by atoms with Crippen molar-refractivity contribution in [3.63, 3.8) is 0 Å². The number of aromatic nitrogens is 1. The maximum atomic E-state index is 14.0. The number of fused-ring (bicyclic) bond motifs is 1. The molecule has 4 aromatic rings. The summed E-state index contributed by atoms with van der Waals surface area (Å²) in [5, 5.41) is 1.12. The van der Waals surface area contributed by atoms with Crippen LogP contribution in [0.5, 0.6) is 0 Å². The van der Waals surface area contributed by atoms with Gasteiger partial charge in [-0.25, -0.2) is 12.8 Å². The van der Waals surface area contributed by atoms with Gasteiger partial charge in [0.25, 0.3) is 0 Å². The van der Waals surface area contributed by atoms with Crippen LogP contribution in [0.4, 0.5) is 4.39 Å². The molecule has 0 unspecified atom stereocenters. The van der Waals surface area contributed by atoms with E-state index in [-0.39, 0.29) is 19.8 Å². The summed E-state index contributed by atoms with van der Waals surface area (Å²) in [7, 11) is -4.08.